The number of nitrogens with one attached hydrogen (secondary N) is 1. The van der Waals surface area contributed by atoms with Crippen molar-refractivity contribution in [1.82, 2.24) is 5.32 Å². The Bertz CT molecular complexity index is 577. The number of hydrogen-bond acceptors (Lipinski definition) is 3. The van der Waals surface area contributed by atoms with E-state index in [1.807, 2.05) is 24.3 Å². The monoisotopic (exact) mass is 381 g/mol. The highest BCUT2D eigenvalue weighted by atomic mass is 79.9. The maximum Gasteiger partial charge on any atom is 0.227 e. The van der Waals surface area contributed by atoms with E-state index in [4.69, 9.17) is 5.73 Å². The fourth-order valence-corrected chi connectivity index (χ4v) is 3.39. The van der Waals surface area contributed by atoms with Crippen LogP contribution in [0.3, 0.4) is 0 Å². The van der Waals surface area contributed by atoms with Gasteiger partial charge in [-0.15, -0.1) is 0 Å². The van der Waals surface area contributed by atoms with Crippen molar-refractivity contribution in [1.29, 1.82) is 0 Å². The van der Waals surface area contributed by atoms with Crippen molar-refractivity contribution in [3.8, 4) is 0 Å². The molecule has 0 saturated carbocycles. The molecule has 6 heteroatoms. The normalized spacial score (nSPS) is 19.3. The first-order chi connectivity index (χ1) is 10.9. The van der Waals surface area contributed by atoms with E-state index in [9.17, 15) is 9.59 Å². The predicted molar refractivity (Wildman–Crippen MR) is 95.0 cm³/mol. The summed E-state index contributed by atoms with van der Waals surface area (Å²) in [5, 5.41) is 2.99. The average Bonchev–Trinajstić information content (AvgIpc) is 2.88. The van der Waals surface area contributed by atoms with E-state index in [1.54, 1.807) is 4.90 Å². The minimum Gasteiger partial charge on any atom is -0.352 e. The summed E-state index contributed by atoms with van der Waals surface area (Å²) in [5.41, 5.74) is 6.55. The van der Waals surface area contributed by atoms with Gasteiger partial charge in [0, 0.05) is 30.0 Å². The Morgan fingerprint density at radius 2 is 2.13 bits per heavy atom. The van der Waals surface area contributed by atoms with E-state index in [2.05, 4.69) is 35.1 Å². The molecule has 2 unspecified atom stereocenters. The second-order valence-corrected chi connectivity index (χ2v) is 7.28. The number of amides is 2. The van der Waals surface area contributed by atoms with E-state index < -0.39 is 0 Å². The molecule has 0 bridgehead atoms. The van der Waals surface area contributed by atoms with Gasteiger partial charge in [0.25, 0.3) is 0 Å². The van der Waals surface area contributed by atoms with Gasteiger partial charge in [-0.1, -0.05) is 26.0 Å². The molecule has 1 heterocycles. The topological polar surface area (TPSA) is 75.4 Å². The lowest BCUT2D eigenvalue weighted by molar-refractivity contribution is -0.127. The van der Waals surface area contributed by atoms with Gasteiger partial charge >= 0.3 is 0 Å². The van der Waals surface area contributed by atoms with Gasteiger partial charge in [-0.2, -0.15) is 0 Å². The Kier molecular flexibility index (Phi) is 6.18. The van der Waals surface area contributed by atoms with Crippen LogP contribution in [0.4, 0.5) is 5.69 Å². The van der Waals surface area contributed by atoms with Gasteiger partial charge in [0.15, 0.2) is 0 Å². The summed E-state index contributed by atoms with van der Waals surface area (Å²) in [7, 11) is 0. The molecule has 1 saturated heterocycles. The van der Waals surface area contributed by atoms with E-state index in [0.29, 0.717) is 19.0 Å². The minimum atomic E-state index is -0.323. The van der Waals surface area contributed by atoms with Crippen LogP contribution in [-0.4, -0.2) is 30.9 Å². The van der Waals surface area contributed by atoms with Crippen LogP contribution in [0.1, 0.15) is 26.7 Å². The summed E-state index contributed by atoms with van der Waals surface area (Å²) < 4.78 is 0.856. The number of carbonyl (C=O) groups excluding carboxylic acids is 2. The van der Waals surface area contributed by atoms with Gasteiger partial charge in [0.05, 0.1) is 11.6 Å². The second-order valence-electron chi connectivity index (χ2n) is 6.43. The van der Waals surface area contributed by atoms with Crippen LogP contribution in [-0.2, 0) is 9.59 Å². The molecule has 1 aliphatic heterocycles. The molecule has 1 aromatic carbocycles. The van der Waals surface area contributed by atoms with Crippen LogP contribution in [0, 0.1) is 11.8 Å². The predicted octanol–water partition coefficient (Wildman–Crippen LogP) is 2.29. The number of nitrogens with two attached hydrogens (primary N) is 1. The van der Waals surface area contributed by atoms with Crippen LogP contribution in [0.15, 0.2) is 28.7 Å². The van der Waals surface area contributed by atoms with Gasteiger partial charge in [-0.25, -0.2) is 0 Å². The third-order valence-electron chi connectivity index (χ3n) is 4.03. The number of benzene rings is 1. The Balaban J connectivity index is 2.02. The molecule has 0 spiro atoms. The van der Waals surface area contributed by atoms with Crippen molar-refractivity contribution in [2.75, 3.05) is 18.0 Å². The van der Waals surface area contributed by atoms with E-state index in [-0.39, 0.29) is 30.2 Å². The van der Waals surface area contributed by atoms with Crippen molar-refractivity contribution in [2.45, 2.75) is 32.7 Å². The SMILES string of the molecule is CC(C)CC(CN)NC(=O)C1CC(=O)N(c2ccccc2Br)C1. The third-order valence-corrected chi connectivity index (χ3v) is 4.70. The smallest absolute Gasteiger partial charge is 0.227 e. The third kappa shape index (κ3) is 4.54. The number of halogens is 1. The zero-order valence-corrected chi connectivity index (χ0v) is 15.2. The summed E-state index contributed by atoms with van der Waals surface area (Å²) in [6.07, 6.45) is 1.09. The minimum absolute atomic E-state index is 0.0230. The molecular weight excluding hydrogens is 358 g/mol. The lowest BCUT2D eigenvalue weighted by Gasteiger charge is -2.21. The van der Waals surface area contributed by atoms with Gasteiger partial charge in [-0.3, -0.25) is 9.59 Å². The van der Waals surface area contributed by atoms with Crippen molar-refractivity contribution in [2.24, 2.45) is 17.6 Å². The molecule has 2 rings (SSSR count). The largest absolute Gasteiger partial charge is 0.352 e. The Hall–Kier alpha value is -1.40. The van der Waals surface area contributed by atoms with Crippen LogP contribution in [0.5, 0.6) is 0 Å². The molecule has 0 radical (unpaired) electrons. The summed E-state index contributed by atoms with van der Waals surface area (Å²) >= 11 is 3.46. The maximum atomic E-state index is 12.4. The lowest BCUT2D eigenvalue weighted by Crippen LogP contribution is -2.44. The molecule has 1 fully saturated rings. The number of nitrogens with zero attached hydrogens (tertiary/aromatic N) is 1. The van der Waals surface area contributed by atoms with E-state index >= 15 is 0 Å². The molecular formula is C17H24BrN3O2. The molecule has 3 N–H and O–H groups in total. The summed E-state index contributed by atoms with van der Waals surface area (Å²) in [6, 6.07) is 7.52. The van der Waals surface area contributed by atoms with Gasteiger partial charge in [0.1, 0.15) is 0 Å². The second kappa shape index (κ2) is 7.93. The zero-order valence-electron chi connectivity index (χ0n) is 13.6. The van der Waals surface area contributed by atoms with Crippen molar-refractivity contribution < 1.29 is 9.59 Å². The van der Waals surface area contributed by atoms with Gasteiger partial charge in [-0.05, 0) is 40.4 Å². The fraction of sp³-hybridized carbons (Fsp3) is 0.529. The highest BCUT2D eigenvalue weighted by Crippen LogP contribution is 2.31. The number of para-hydroxylation sites is 1. The highest BCUT2D eigenvalue weighted by molar-refractivity contribution is 9.10. The number of hydrogen-bond donors (Lipinski definition) is 2. The van der Waals surface area contributed by atoms with Crippen LogP contribution in [0.2, 0.25) is 0 Å². The van der Waals surface area contributed by atoms with Crippen molar-refractivity contribution in [3.05, 3.63) is 28.7 Å². The Morgan fingerprint density at radius 1 is 1.43 bits per heavy atom. The maximum absolute atomic E-state index is 12.4. The lowest BCUT2D eigenvalue weighted by atomic mass is 10.0. The van der Waals surface area contributed by atoms with E-state index in [1.165, 1.54) is 0 Å². The molecule has 126 valence electrons. The van der Waals surface area contributed by atoms with Crippen LogP contribution < -0.4 is 16.0 Å². The van der Waals surface area contributed by atoms with Crippen molar-refractivity contribution >= 4 is 33.4 Å². The van der Waals surface area contributed by atoms with Gasteiger partial charge in [0.2, 0.25) is 11.8 Å². The standard InChI is InChI=1S/C17H24BrN3O2/c1-11(2)7-13(9-19)20-17(23)12-8-16(22)21(10-12)15-6-4-3-5-14(15)18/h3-6,11-13H,7-10,19H2,1-2H3,(H,20,23). The molecule has 23 heavy (non-hydrogen) atoms. The molecule has 5 nitrogen and oxygen atoms in total. The highest BCUT2D eigenvalue weighted by Gasteiger charge is 2.36. The number of carbonyl (C=O) groups is 2. The van der Waals surface area contributed by atoms with Crippen LogP contribution in [0.25, 0.3) is 0 Å². The van der Waals surface area contributed by atoms with Gasteiger partial charge < -0.3 is 16.0 Å². The fourth-order valence-electron chi connectivity index (χ4n) is 2.89. The molecule has 0 aromatic heterocycles. The van der Waals surface area contributed by atoms with Crippen LogP contribution >= 0.6 is 15.9 Å². The molecule has 0 aliphatic carbocycles. The molecule has 1 aliphatic rings. The number of rotatable bonds is 6. The summed E-state index contributed by atoms with van der Waals surface area (Å²) in [6.45, 7) is 5.02. The molecule has 2 amide bonds. The van der Waals surface area contributed by atoms with Crippen molar-refractivity contribution in [3.63, 3.8) is 0 Å². The summed E-state index contributed by atoms with van der Waals surface area (Å²) in [4.78, 5) is 26.4. The quantitative estimate of drug-likeness (QED) is 0.793. The molecule has 2 atom stereocenters. The first-order valence-electron chi connectivity index (χ1n) is 7.97. The average molecular weight is 382 g/mol. The first kappa shape index (κ1) is 17.9. The van der Waals surface area contributed by atoms with E-state index in [0.717, 1.165) is 16.6 Å². The summed E-state index contributed by atoms with van der Waals surface area (Å²) in [5.74, 6) is 0.0378. The zero-order chi connectivity index (χ0) is 17.0. The Labute approximate surface area is 145 Å². The number of anilines is 1. The molecule has 1 aromatic rings. The Morgan fingerprint density at radius 3 is 2.74 bits per heavy atom. The first-order valence-corrected chi connectivity index (χ1v) is 8.77.